The van der Waals surface area contributed by atoms with E-state index in [0.29, 0.717) is 5.39 Å². The zero-order chi connectivity index (χ0) is 21.5. The molecule has 0 fully saturated rings. The number of benzene rings is 2. The average molecular weight is 409 g/mol. The molecule has 2 heterocycles. The molecule has 0 aliphatic heterocycles. The molecular weight excluding hydrogens is 384 g/mol. The first-order chi connectivity index (χ1) is 15.0. The molecule has 5 heteroatoms. The summed E-state index contributed by atoms with van der Waals surface area (Å²) >= 11 is 0. The molecule has 2 aromatic heterocycles. The molecule has 5 rings (SSSR count). The zero-order valence-corrected chi connectivity index (χ0v) is 17.7. The molecule has 1 aliphatic rings. The Morgan fingerprint density at radius 1 is 1.06 bits per heavy atom. The molecule has 2 aromatic carbocycles. The molecule has 1 aliphatic carbocycles. The summed E-state index contributed by atoms with van der Waals surface area (Å²) in [6, 6.07) is 13.6. The lowest BCUT2D eigenvalue weighted by molar-refractivity contribution is 0.695. The third-order valence-electron chi connectivity index (χ3n) is 5.93. The molecule has 0 bridgehead atoms. The van der Waals surface area contributed by atoms with Crippen LogP contribution in [0.15, 0.2) is 59.7 Å². The predicted octanol–water partition coefficient (Wildman–Crippen LogP) is 3.63. The van der Waals surface area contributed by atoms with E-state index in [1.54, 1.807) is 15.4 Å². The Labute approximate surface area is 181 Å². The van der Waals surface area contributed by atoms with Crippen LogP contribution in [0.2, 0.25) is 0 Å². The number of nitrogens with two attached hydrogens (primary N) is 1. The molecule has 2 N–H and O–H groups in total. The Hall–Kier alpha value is -3.62. The second kappa shape index (κ2) is 7.57. The van der Waals surface area contributed by atoms with Crippen LogP contribution in [0.1, 0.15) is 47.3 Å². The lowest BCUT2D eigenvalue weighted by Crippen LogP contribution is -2.29. The lowest BCUT2D eigenvalue weighted by atomic mass is 9.85. The van der Waals surface area contributed by atoms with E-state index in [4.69, 9.17) is 5.73 Å². The predicted molar refractivity (Wildman–Crippen MR) is 123 cm³/mol. The minimum Gasteiger partial charge on any atom is -0.323 e. The van der Waals surface area contributed by atoms with E-state index in [1.807, 2.05) is 56.6 Å². The van der Waals surface area contributed by atoms with E-state index in [2.05, 4.69) is 23.0 Å². The van der Waals surface area contributed by atoms with Gasteiger partial charge in [-0.25, -0.2) is 0 Å². The van der Waals surface area contributed by atoms with Gasteiger partial charge in [0, 0.05) is 36.2 Å². The molecule has 0 saturated heterocycles. The van der Waals surface area contributed by atoms with Crippen molar-refractivity contribution in [3.05, 3.63) is 93.2 Å². The molecule has 5 nitrogen and oxygen atoms in total. The highest BCUT2D eigenvalue weighted by Crippen LogP contribution is 2.34. The Kier molecular flexibility index (Phi) is 4.72. The van der Waals surface area contributed by atoms with Gasteiger partial charge in [0.15, 0.2) is 0 Å². The Morgan fingerprint density at radius 3 is 2.58 bits per heavy atom. The van der Waals surface area contributed by atoms with E-state index < -0.39 is 0 Å². The number of para-hydroxylation sites is 1. The van der Waals surface area contributed by atoms with Gasteiger partial charge in [0.05, 0.1) is 17.1 Å². The Balaban J connectivity index is 1.88. The highest BCUT2D eigenvalue weighted by molar-refractivity contribution is 5.94. The van der Waals surface area contributed by atoms with Crippen molar-refractivity contribution in [3.8, 4) is 17.5 Å². The fraction of sp³-hybridized carbons (Fsp3) is 0.231. The normalized spacial score (nSPS) is 13.6. The van der Waals surface area contributed by atoms with Gasteiger partial charge in [-0.2, -0.15) is 5.10 Å². The third kappa shape index (κ3) is 3.26. The number of rotatable bonds is 2. The first-order valence-electron chi connectivity index (χ1n) is 10.6. The molecule has 0 saturated carbocycles. The fourth-order valence-electron chi connectivity index (χ4n) is 4.66. The number of hydrogen-bond acceptors (Lipinski definition) is 3. The molecule has 1 atom stereocenters. The number of hydrogen-bond donors (Lipinski definition) is 1. The first-order valence-corrected chi connectivity index (χ1v) is 10.6. The van der Waals surface area contributed by atoms with E-state index >= 15 is 0 Å². The zero-order valence-electron chi connectivity index (χ0n) is 17.7. The van der Waals surface area contributed by atoms with Crippen molar-refractivity contribution in [1.29, 1.82) is 0 Å². The standard InChI is InChI=1S/C26H24N4O/c1-17(27)25-22-10-6-7-19-13-14-20(12-11-18-15-28-29(2)16-18)24(23(19)22)26(31)30(25)21-8-4-3-5-9-21/h3-5,8-9,13-17H,6-7,10,27H2,1-2H3/t17-/m0/s1. The minimum absolute atomic E-state index is 0.0588. The van der Waals surface area contributed by atoms with Crippen LogP contribution in [-0.2, 0) is 19.9 Å². The third-order valence-corrected chi connectivity index (χ3v) is 5.93. The Bertz CT molecular complexity index is 1420. The topological polar surface area (TPSA) is 65.8 Å². The van der Waals surface area contributed by atoms with Crippen molar-refractivity contribution >= 4 is 10.8 Å². The van der Waals surface area contributed by atoms with Crippen LogP contribution in [0.25, 0.3) is 16.5 Å². The highest BCUT2D eigenvalue weighted by Gasteiger charge is 2.25. The summed E-state index contributed by atoms with van der Waals surface area (Å²) in [6.07, 6.45) is 6.53. The van der Waals surface area contributed by atoms with E-state index in [-0.39, 0.29) is 11.6 Å². The molecular formula is C26H24N4O. The van der Waals surface area contributed by atoms with Gasteiger partial charge in [0.2, 0.25) is 0 Å². The van der Waals surface area contributed by atoms with Gasteiger partial charge in [-0.1, -0.05) is 36.1 Å². The molecule has 0 amide bonds. The van der Waals surface area contributed by atoms with Crippen molar-refractivity contribution in [3.63, 3.8) is 0 Å². The van der Waals surface area contributed by atoms with Crippen molar-refractivity contribution in [2.75, 3.05) is 0 Å². The van der Waals surface area contributed by atoms with Crippen LogP contribution in [0.5, 0.6) is 0 Å². The smallest absolute Gasteiger partial charge is 0.264 e. The van der Waals surface area contributed by atoms with E-state index in [0.717, 1.165) is 47.2 Å². The molecule has 0 radical (unpaired) electrons. The quantitative estimate of drug-likeness (QED) is 0.515. The van der Waals surface area contributed by atoms with Gasteiger partial charge in [0.1, 0.15) is 0 Å². The minimum atomic E-state index is -0.261. The summed E-state index contributed by atoms with van der Waals surface area (Å²) in [7, 11) is 1.86. The summed E-state index contributed by atoms with van der Waals surface area (Å²) in [5, 5.41) is 5.92. The van der Waals surface area contributed by atoms with Gasteiger partial charge in [-0.05, 0) is 60.9 Å². The lowest BCUT2D eigenvalue weighted by Gasteiger charge is -2.26. The molecule has 4 aromatic rings. The van der Waals surface area contributed by atoms with Crippen LogP contribution in [0.3, 0.4) is 0 Å². The van der Waals surface area contributed by atoms with E-state index in [9.17, 15) is 4.79 Å². The summed E-state index contributed by atoms with van der Waals surface area (Å²) < 4.78 is 3.52. The SMILES string of the molecule is C[C@H](N)c1c2c3c(ccc(C#Cc4cnn(C)c4)c3c(=O)n1-c1ccccc1)CCC2. The summed E-state index contributed by atoms with van der Waals surface area (Å²) in [6.45, 7) is 1.96. The molecule has 154 valence electrons. The number of nitrogens with zero attached hydrogens (tertiary/aromatic N) is 3. The molecule has 0 spiro atoms. The van der Waals surface area contributed by atoms with Crippen molar-refractivity contribution in [2.45, 2.75) is 32.2 Å². The van der Waals surface area contributed by atoms with Gasteiger partial charge >= 0.3 is 0 Å². The van der Waals surface area contributed by atoms with Crippen LogP contribution in [0.4, 0.5) is 0 Å². The molecule has 31 heavy (non-hydrogen) atoms. The fourth-order valence-corrected chi connectivity index (χ4v) is 4.66. The van der Waals surface area contributed by atoms with Gasteiger partial charge in [-0.15, -0.1) is 0 Å². The largest absolute Gasteiger partial charge is 0.323 e. The maximum Gasteiger partial charge on any atom is 0.264 e. The maximum atomic E-state index is 14.0. The molecule has 0 unspecified atom stereocenters. The number of aromatic nitrogens is 3. The van der Waals surface area contributed by atoms with Crippen molar-refractivity contribution in [2.24, 2.45) is 12.8 Å². The van der Waals surface area contributed by atoms with Crippen LogP contribution < -0.4 is 11.3 Å². The van der Waals surface area contributed by atoms with Gasteiger partial charge < -0.3 is 5.73 Å². The van der Waals surface area contributed by atoms with Crippen molar-refractivity contribution in [1.82, 2.24) is 14.3 Å². The average Bonchev–Trinajstić information content (AvgIpc) is 3.20. The maximum absolute atomic E-state index is 14.0. The summed E-state index contributed by atoms with van der Waals surface area (Å²) in [4.78, 5) is 14.0. The second-order valence-electron chi connectivity index (χ2n) is 8.16. The first kappa shape index (κ1) is 19.3. The number of pyridine rings is 1. The van der Waals surface area contributed by atoms with Crippen LogP contribution in [0, 0.1) is 11.8 Å². The van der Waals surface area contributed by atoms with Gasteiger partial charge in [0.25, 0.3) is 5.56 Å². The highest BCUT2D eigenvalue weighted by atomic mass is 16.1. The van der Waals surface area contributed by atoms with Crippen LogP contribution >= 0.6 is 0 Å². The van der Waals surface area contributed by atoms with Gasteiger partial charge in [-0.3, -0.25) is 14.0 Å². The summed E-state index contributed by atoms with van der Waals surface area (Å²) in [5.74, 6) is 6.41. The second-order valence-corrected chi connectivity index (χ2v) is 8.16. The van der Waals surface area contributed by atoms with E-state index in [1.165, 1.54) is 11.1 Å². The van der Waals surface area contributed by atoms with Crippen molar-refractivity contribution < 1.29 is 0 Å². The monoisotopic (exact) mass is 408 g/mol. The Morgan fingerprint density at radius 2 is 1.87 bits per heavy atom. The van der Waals surface area contributed by atoms with Crippen LogP contribution in [-0.4, -0.2) is 14.3 Å². The summed E-state index contributed by atoms with van der Waals surface area (Å²) in [5.41, 5.74) is 12.1. The number of aryl methyl sites for hydroxylation is 3.